The van der Waals surface area contributed by atoms with E-state index in [0.29, 0.717) is 22.9 Å². The molecule has 6 heteroatoms. The zero-order chi connectivity index (χ0) is 20.5. The van der Waals surface area contributed by atoms with Gasteiger partial charge in [0.2, 0.25) is 0 Å². The van der Waals surface area contributed by atoms with Gasteiger partial charge < -0.3 is 5.32 Å². The molecular formula is C24H20ClN5. The lowest BCUT2D eigenvalue weighted by Crippen LogP contribution is -2.05. The van der Waals surface area contributed by atoms with Crippen LogP contribution < -0.4 is 5.32 Å². The monoisotopic (exact) mass is 413 g/mol. The molecule has 5 nitrogen and oxygen atoms in total. The first kappa shape index (κ1) is 18.6. The lowest BCUT2D eigenvalue weighted by atomic mass is 10.1. The van der Waals surface area contributed by atoms with Crippen molar-refractivity contribution in [3.63, 3.8) is 0 Å². The van der Waals surface area contributed by atoms with E-state index in [4.69, 9.17) is 16.6 Å². The Morgan fingerprint density at radius 3 is 2.53 bits per heavy atom. The van der Waals surface area contributed by atoms with Gasteiger partial charge in [-0.05, 0) is 41.8 Å². The molecule has 3 aromatic carbocycles. The minimum absolute atomic E-state index is 0.656. The van der Waals surface area contributed by atoms with Gasteiger partial charge in [-0.15, -0.1) is 5.10 Å². The van der Waals surface area contributed by atoms with E-state index in [-0.39, 0.29) is 0 Å². The summed E-state index contributed by atoms with van der Waals surface area (Å²) >= 11 is 6.19. The molecule has 148 valence electrons. The molecule has 0 atom stereocenters. The average Bonchev–Trinajstić information content (AvgIpc) is 3.22. The highest BCUT2D eigenvalue weighted by Crippen LogP contribution is 2.29. The van der Waals surface area contributed by atoms with Crippen LogP contribution in [0.5, 0.6) is 0 Å². The first-order valence-electron chi connectivity index (χ1n) is 9.94. The maximum absolute atomic E-state index is 6.19. The Hall–Kier alpha value is -3.44. The number of aromatic nitrogens is 4. The van der Waals surface area contributed by atoms with Crippen LogP contribution in [0, 0.1) is 0 Å². The third kappa shape index (κ3) is 3.37. The van der Waals surface area contributed by atoms with E-state index in [2.05, 4.69) is 46.8 Å². The Morgan fingerprint density at radius 2 is 1.73 bits per heavy atom. The Labute approximate surface area is 179 Å². The highest BCUT2D eigenvalue weighted by molar-refractivity contribution is 6.30. The second kappa shape index (κ2) is 7.76. The van der Waals surface area contributed by atoms with Crippen molar-refractivity contribution in [1.29, 1.82) is 0 Å². The highest BCUT2D eigenvalue weighted by atomic mass is 35.5. The second-order valence-corrected chi connectivity index (χ2v) is 7.62. The van der Waals surface area contributed by atoms with Crippen LogP contribution in [-0.4, -0.2) is 19.8 Å². The molecule has 0 amide bonds. The van der Waals surface area contributed by atoms with Gasteiger partial charge >= 0.3 is 0 Å². The molecule has 2 heterocycles. The SMILES string of the molecule is CCc1ccc(CNc2nc3c(-c4cccc(Cl)c4)nnn3c3ccccc23)cc1. The molecule has 5 rings (SSSR count). The number of fused-ring (bicyclic) bond motifs is 3. The summed E-state index contributed by atoms with van der Waals surface area (Å²) in [6, 6.07) is 24.3. The first-order valence-corrected chi connectivity index (χ1v) is 10.3. The van der Waals surface area contributed by atoms with Crippen molar-refractivity contribution in [3.8, 4) is 11.3 Å². The van der Waals surface area contributed by atoms with E-state index >= 15 is 0 Å². The van der Waals surface area contributed by atoms with Gasteiger partial charge in [-0.1, -0.05) is 72.3 Å². The van der Waals surface area contributed by atoms with Crippen LogP contribution in [0.15, 0.2) is 72.8 Å². The molecule has 2 aromatic heterocycles. The molecule has 0 saturated carbocycles. The summed E-state index contributed by atoms with van der Waals surface area (Å²) in [5.74, 6) is 0.809. The molecule has 0 saturated heterocycles. The molecule has 0 aliphatic heterocycles. The van der Waals surface area contributed by atoms with Crippen molar-refractivity contribution in [1.82, 2.24) is 19.8 Å². The van der Waals surface area contributed by atoms with E-state index in [9.17, 15) is 0 Å². The number of rotatable bonds is 5. The van der Waals surface area contributed by atoms with Crippen molar-refractivity contribution in [2.45, 2.75) is 19.9 Å². The summed E-state index contributed by atoms with van der Waals surface area (Å²) in [5, 5.41) is 13.9. The van der Waals surface area contributed by atoms with Crippen LogP contribution in [0.25, 0.3) is 27.8 Å². The van der Waals surface area contributed by atoms with Crippen LogP contribution in [0.3, 0.4) is 0 Å². The molecule has 0 aliphatic carbocycles. The van der Waals surface area contributed by atoms with Gasteiger partial charge in [-0.25, -0.2) is 4.98 Å². The van der Waals surface area contributed by atoms with Crippen molar-refractivity contribution < 1.29 is 0 Å². The minimum atomic E-state index is 0.656. The molecule has 0 bridgehead atoms. The zero-order valence-electron chi connectivity index (χ0n) is 16.5. The normalized spacial score (nSPS) is 11.3. The molecule has 0 unspecified atom stereocenters. The van der Waals surface area contributed by atoms with E-state index in [1.54, 1.807) is 4.52 Å². The second-order valence-electron chi connectivity index (χ2n) is 7.18. The van der Waals surface area contributed by atoms with Crippen LogP contribution in [0.1, 0.15) is 18.1 Å². The Morgan fingerprint density at radius 1 is 0.933 bits per heavy atom. The lowest BCUT2D eigenvalue weighted by molar-refractivity contribution is 0.876. The number of nitrogens with zero attached hydrogens (tertiary/aromatic N) is 4. The van der Waals surface area contributed by atoms with Gasteiger partial charge in [0.05, 0.1) is 5.52 Å². The van der Waals surface area contributed by atoms with Crippen LogP contribution in [0.2, 0.25) is 5.02 Å². The summed E-state index contributed by atoms with van der Waals surface area (Å²) in [5.41, 5.74) is 5.78. The molecular weight excluding hydrogens is 394 g/mol. The standard InChI is InChI=1S/C24H20ClN5/c1-2-16-10-12-17(13-11-16)15-26-23-20-8-3-4-9-21(20)30-24(27-23)22(28-29-30)18-6-5-7-19(25)14-18/h3-14H,2,15H2,1H3,(H,26,27). The maximum Gasteiger partial charge on any atom is 0.186 e. The Bertz CT molecular complexity index is 1340. The van der Waals surface area contributed by atoms with Gasteiger partial charge in [-0.3, -0.25) is 0 Å². The summed E-state index contributed by atoms with van der Waals surface area (Å²) in [6.45, 7) is 2.85. The Kier molecular flexibility index (Phi) is 4.81. The van der Waals surface area contributed by atoms with Gasteiger partial charge in [0, 0.05) is 22.5 Å². The summed E-state index contributed by atoms with van der Waals surface area (Å²) in [6.07, 6.45) is 1.04. The van der Waals surface area contributed by atoms with E-state index < -0.39 is 0 Å². The number of nitrogens with one attached hydrogen (secondary N) is 1. The van der Waals surface area contributed by atoms with E-state index in [1.165, 1.54) is 11.1 Å². The molecule has 0 radical (unpaired) electrons. The number of para-hydroxylation sites is 1. The third-order valence-electron chi connectivity index (χ3n) is 5.24. The third-order valence-corrected chi connectivity index (χ3v) is 5.48. The number of hydrogen-bond donors (Lipinski definition) is 1. The van der Waals surface area contributed by atoms with Gasteiger partial charge in [0.1, 0.15) is 11.5 Å². The fraction of sp³-hybridized carbons (Fsp3) is 0.125. The predicted molar refractivity (Wildman–Crippen MR) is 122 cm³/mol. The zero-order valence-corrected chi connectivity index (χ0v) is 17.3. The smallest absolute Gasteiger partial charge is 0.186 e. The summed E-state index contributed by atoms with van der Waals surface area (Å²) in [4.78, 5) is 4.90. The molecule has 0 fully saturated rings. The largest absolute Gasteiger partial charge is 0.365 e. The Balaban J connectivity index is 1.60. The number of hydrogen-bond acceptors (Lipinski definition) is 4. The summed E-state index contributed by atoms with van der Waals surface area (Å²) in [7, 11) is 0. The first-order chi connectivity index (χ1) is 14.7. The minimum Gasteiger partial charge on any atom is -0.365 e. The fourth-order valence-electron chi connectivity index (χ4n) is 3.60. The van der Waals surface area contributed by atoms with Crippen LogP contribution in [-0.2, 0) is 13.0 Å². The average molecular weight is 414 g/mol. The summed E-state index contributed by atoms with van der Waals surface area (Å²) < 4.78 is 1.78. The molecule has 0 aliphatic rings. The number of benzene rings is 3. The number of anilines is 1. The molecule has 30 heavy (non-hydrogen) atoms. The van der Waals surface area contributed by atoms with Crippen molar-refractivity contribution >= 4 is 34.0 Å². The number of aryl methyl sites for hydroxylation is 1. The van der Waals surface area contributed by atoms with Gasteiger partial charge in [0.25, 0.3) is 0 Å². The van der Waals surface area contributed by atoms with E-state index in [0.717, 1.165) is 28.7 Å². The molecule has 5 aromatic rings. The van der Waals surface area contributed by atoms with Crippen molar-refractivity contribution in [2.75, 3.05) is 5.32 Å². The quantitative estimate of drug-likeness (QED) is 0.397. The van der Waals surface area contributed by atoms with Gasteiger partial charge in [0.15, 0.2) is 5.65 Å². The van der Waals surface area contributed by atoms with Crippen molar-refractivity contribution in [2.24, 2.45) is 0 Å². The van der Waals surface area contributed by atoms with Crippen molar-refractivity contribution in [3.05, 3.63) is 88.9 Å². The molecule has 1 N–H and O–H groups in total. The van der Waals surface area contributed by atoms with Gasteiger partial charge in [-0.2, -0.15) is 4.52 Å². The fourth-order valence-corrected chi connectivity index (χ4v) is 3.79. The predicted octanol–water partition coefficient (Wildman–Crippen LogP) is 5.77. The van der Waals surface area contributed by atoms with E-state index in [1.807, 2.05) is 48.5 Å². The molecule has 0 spiro atoms. The highest BCUT2D eigenvalue weighted by Gasteiger charge is 2.15. The topological polar surface area (TPSA) is 55.1 Å². The lowest BCUT2D eigenvalue weighted by Gasteiger charge is -2.11. The maximum atomic E-state index is 6.19. The van der Waals surface area contributed by atoms with Crippen LogP contribution >= 0.6 is 11.6 Å². The van der Waals surface area contributed by atoms with Crippen LogP contribution in [0.4, 0.5) is 5.82 Å². The number of halogens is 1.